The number of carbonyl (C=O) groups is 1. The van der Waals surface area contributed by atoms with Gasteiger partial charge in [-0.2, -0.15) is 0 Å². The average Bonchev–Trinajstić information content (AvgIpc) is 3.11. The first kappa shape index (κ1) is 16.1. The predicted molar refractivity (Wildman–Crippen MR) is 79.1 cm³/mol. The second-order valence-electron chi connectivity index (χ2n) is 5.71. The Morgan fingerprint density at radius 3 is 2.10 bits per heavy atom. The lowest BCUT2D eigenvalue weighted by Crippen LogP contribution is -2.41. The van der Waals surface area contributed by atoms with Gasteiger partial charge in [-0.1, -0.05) is 0 Å². The van der Waals surface area contributed by atoms with Crippen LogP contribution in [0.4, 0.5) is 0 Å². The van der Waals surface area contributed by atoms with Gasteiger partial charge in [-0.3, -0.25) is 4.79 Å². The van der Waals surface area contributed by atoms with E-state index in [4.69, 9.17) is 21.1 Å². The number of halogens is 1. The van der Waals surface area contributed by atoms with Crippen molar-refractivity contribution < 1.29 is 14.3 Å². The van der Waals surface area contributed by atoms with Gasteiger partial charge in [0, 0.05) is 38.6 Å². The number of hydrogen-bond donors (Lipinski definition) is 0. The SMILES string of the molecule is O=C(CCCCCl)N(CC1CCCO1)CC1CCCO1. The Kier molecular flexibility index (Phi) is 7.11. The molecule has 0 saturated carbocycles. The number of nitrogens with zero attached hydrogens (tertiary/aromatic N) is 1. The zero-order valence-electron chi connectivity index (χ0n) is 12.2. The van der Waals surface area contributed by atoms with E-state index in [1.807, 2.05) is 4.90 Å². The van der Waals surface area contributed by atoms with Crippen molar-refractivity contribution in [3.63, 3.8) is 0 Å². The van der Waals surface area contributed by atoms with Crippen molar-refractivity contribution >= 4 is 17.5 Å². The predicted octanol–water partition coefficient (Wildman–Crippen LogP) is 2.58. The molecule has 5 heteroatoms. The van der Waals surface area contributed by atoms with Crippen molar-refractivity contribution in [2.45, 2.75) is 57.2 Å². The highest BCUT2D eigenvalue weighted by Gasteiger charge is 2.26. The third-order valence-corrected chi connectivity index (χ3v) is 4.29. The summed E-state index contributed by atoms with van der Waals surface area (Å²) < 4.78 is 11.3. The van der Waals surface area contributed by atoms with Gasteiger partial charge >= 0.3 is 0 Å². The first-order valence-corrected chi connectivity index (χ1v) is 8.40. The summed E-state index contributed by atoms with van der Waals surface area (Å²) in [5.74, 6) is 0.853. The average molecular weight is 304 g/mol. The highest BCUT2D eigenvalue weighted by Crippen LogP contribution is 2.18. The maximum atomic E-state index is 12.4. The second-order valence-corrected chi connectivity index (χ2v) is 6.09. The van der Waals surface area contributed by atoms with E-state index in [1.165, 1.54) is 0 Å². The second kappa shape index (κ2) is 8.85. The van der Waals surface area contributed by atoms with E-state index in [0.29, 0.717) is 12.3 Å². The summed E-state index contributed by atoms with van der Waals surface area (Å²) in [7, 11) is 0. The van der Waals surface area contributed by atoms with Gasteiger partial charge < -0.3 is 14.4 Å². The molecule has 0 spiro atoms. The van der Waals surface area contributed by atoms with Crippen LogP contribution >= 0.6 is 11.6 Å². The third kappa shape index (κ3) is 5.23. The normalized spacial score (nSPS) is 26.1. The Morgan fingerprint density at radius 2 is 1.65 bits per heavy atom. The molecule has 2 atom stereocenters. The van der Waals surface area contributed by atoms with Crippen molar-refractivity contribution in [1.82, 2.24) is 4.90 Å². The molecule has 2 unspecified atom stereocenters. The monoisotopic (exact) mass is 303 g/mol. The van der Waals surface area contributed by atoms with Gasteiger partial charge in [-0.05, 0) is 38.5 Å². The molecule has 20 heavy (non-hydrogen) atoms. The van der Waals surface area contributed by atoms with E-state index >= 15 is 0 Å². The molecule has 2 rings (SSSR count). The molecule has 0 radical (unpaired) electrons. The summed E-state index contributed by atoms with van der Waals surface area (Å²) >= 11 is 5.67. The van der Waals surface area contributed by atoms with Crippen molar-refractivity contribution in [2.24, 2.45) is 0 Å². The molecule has 2 aliphatic rings. The molecular formula is C15H26ClNO3. The van der Waals surface area contributed by atoms with Gasteiger partial charge in [0.15, 0.2) is 0 Å². The Hall–Kier alpha value is -0.320. The topological polar surface area (TPSA) is 38.8 Å². The number of alkyl halides is 1. The first-order valence-electron chi connectivity index (χ1n) is 7.86. The Labute approximate surface area is 126 Å². The van der Waals surface area contributed by atoms with Crippen molar-refractivity contribution in [1.29, 1.82) is 0 Å². The Morgan fingerprint density at radius 1 is 1.05 bits per heavy atom. The lowest BCUT2D eigenvalue weighted by molar-refractivity contribution is -0.134. The molecule has 0 aromatic rings. The van der Waals surface area contributed by atoms with E-state index in [0.717, 1.165) is 64.8 Å². The molecule has 1 amide bonds. The number of rotatable bonds is 8. The summed E-state index contributed by atoms with van der Waals surface area (Å²) in [5.41, 5.74) is 0. The molecular weight excluding hydrogens is 278 g/mol. The first-order chi connectivity index (χ1) is 9.79. The van der Waals surface area contributed by atoms with E-state index in [9.17, 15) is 4.79 Å². The van der Waals surface area contributed by atoms with Crippen LogP contribution in [0, 0.1) is 0 Å². The maximum absolute atomic E-state index is 12.4. The number of hydrogen-bond acceptors (Lipinski definition) is 3. The van der Waals surface area contributed by atoms with E-state index in [1.54, 1.807) is 0 Å². The van der Waals surface area contributed by atoms with Crippen LogP contribution in [0.25, 0.3) is 0 Å². The van der Waals surface area contributed by atoms with Crippen LogP contribution in [0.3, 0.4) is 0 Å². The molecule has 0 bridgehead atoms. The molecule has 4 nitrogen and oxygen atoms in total. The minimum Gasteiger partial charge on any atom is -0.376 e. The molecule has 0 aromatic carbocycles. The summed E-state index contributed by atoms with van der Waals surface area (Å²) in [5, 5.41) is 0. The fourth-order valence-electron chi connectivity index (χ4n) is 2.88. The number of amides is 1. The molecule has 2 fully saturated rings. The summed E-state index contributed by atoms with van der Waals surface area (Å²) in [6.45, 7) is 3.11. The fraction of sp³-hybridized carbons (Fsp3) is 0.933. The number of unbranched alkanes of at least 4 members (excludes halogenated alkanes) is 1. The van der Waals surface area contributed by atoms with Crippen LogP contribution in [-0.2, 0) is 14.3 Å². The van der Waals surface area contributed by atoms with Crippen molar-refractivity contribution in [2.75, 3.05) is 32.2 Å². The minimum atomic E-state index is 0.216. The van der Waals surface area contributed by atoms with Crippen LogP contribution in [0.2, 0.25) is 0 Å². The minimum absolute atomic E-state index is 0.216. The van der Waals surface area contributed by atoms with Crippen molar-refractivity contribution in [3.8, 4) is 0 Å². The third-order valence-electron chi connectivity index (χ3n) is 4.02. The summed E-state index contributed by atoms with van der Waals surface area (Å²) in [6, 6.07) is 0. The van der Waals surface area contributed by atoms with Gasteiger partial charge in [0.1, 0.15) is 0 Å². The maximum Gasteiger partial charge on any atom is 0.222 e. The Balaban J connectivity index is 1.82. The highest BCUT2D eigenvalue weighted by molar-refractivity contribution is 6.17. The van der Waals surface area contributed by atoms with Gasteiger partial charge in [-0.15, -0.1) is 11.6 Å². The zero-order chi connectivity index (χ0) is 14.2. The molecule has 0 aliphatic carbocycles. The molecule has 2 saturated heterocycles. The lowest BCUT2D eigenvalue weighted by atomic mass is 10.1. The van der Waals surface area contributed by atoms with Crippen LogP contribution in [0.1, 0.15) is 44.9 Å². The van der Waals surface area contributed by atoms with E-state index in [2.05, 4.69) is 0 Å². The van der Waals surface area contributed by atoms with Crippen molar-refractivity contribution in [3.05, 3.63) is 0 Å². The highest BCUT2D eigenvalue weighted by atomic mass is 35.5. The summed E-state index contributed by atoms with van der Waals surface area (Å²) in [4.78, 5) is 14.3. The quantitative estimate of drug-likeness (QED) is 0.511. The molecule has 0 aromatic heterocycles. The Bertz CT molecular complexity index is 271. The lowest BCUT2D eigenvalue weighted by Gasteiger charge is -2.28. The van der Waals surface area contributed by atoms with Crippen LogP contribution in [-0.4, -0.2) is 55.2 Å². The fourth-order valence-corrected chi connectivity index (χ4v) is 3.06. The molecule has 116 valence electrons. The molecule has 0 N–H and O–H groups in total. The largest absolute Gasteiger partial charge is 0.376 e. The van der Waals surface area contributed by atoms with Crippen LogP contribution < -0.4 is 0 Å². The standard InChI is InChI=1S/C15H26ClNO3/c16-8-2-1-7-15(18)17(11-13-5-3-9-19-13)12-14-6-4-10-20-14/h13-14H,1-12H2. The molecule has 2 heterocycles. The van der Waals surface area contributed by atoms with Crippen LogP contribution in [0.15, 0.2) is 0 Å². The molecule has 2 aliphatic heterocycles. The summed E-state index contributed by atoms with van der Waals surface area (Å²) in [6.07, 6.45) is 7.15. The van der Waals surface area contributed by atoms with E-state index < -0.39 is 0 Å². The zero-order valence-corrected chi connectivity index (χ0v) is 12.9. The van der Waals surface area contributed by atoms with Crippen LogP contribution in [0.5, 0.6) is 0 Å². The van der Waals surface area contributed by atoms with Gasteiger partial charge in [-0.25, -0.2) is 0 Å². The smallest absolute Gasteiger partial charge is 0.222 e. The van der Waals surface area contributed by atoms with Gasteiger partial charge in [0.25, 0.3) is 0 Å². The van der Waals surface area contributed by atoms with E-state index in [-0.39, 0.29) is 18.1 Å². The van der Waals surface area contributed by atoms with Gasteiger partial charge in [0.05, 0.1) is 12.2 Å². The number of ether oxygens (including phenoxy) is 2. The van der Waals surface area contributed by atoms with Gasteiger partial charge in [0.2, 0.25) is 5.91 Å². The number of carbonyl (C=O) groups excluding carboxylic acids is 1.